The second-order valence-corrected chi connectivity index (χ2v) is 5.69. The molecule has 0 aromatic carbocycles. The van der Waals surface area contributed by atoms with Crippen LogP contribution in [0.4, 0.5) is 0 Å². The van der Waals surface area contributed by atoms with Crippen LogP contribution in [0.5, 0.6) is 0 Å². The minimum absolute atomic E-state index is 0.0237. The van der Waals surface area contributed by atoms with E-state index in [4.69, 9.17) is 0 Å². The molecule has 0 radical (unpaired) electrons. The standard InChI is InChI=1S/C15H15NO2/c17-14-11-3-1-2-4-12(11)15(18)16(14)13-8-9-5-6-10(13)7-9/h1-4,8-12H,5-7H2. The molecule has 4 rings (SSSR count). The van der Waals surface area contributed by atoms with E-state index in [0.717, 1.165) is 18.5 Å². The van der Waals surface area contributed by atoms with Crippen LogP contribution in [0.1, 0.15) is 19.3 Å². The number of nitrogens with zero attached hydrogens (tertiary/aromatic N) is 1. The van der Waals surface area contributed by atoms with Crippen LogP contribution >= 0.6 is 0 Å². The average Bonchev–Trinajstić information content (AvgIpc) is 3.06. The second kappa shape index (κ2) is 3.44. The normalized spacial score (nSPS) is 40.7. The molecule has 0 N–H and O–H groups in total. The topological polar surface area (TPSA) is 37.4 Å². The van der Waals surface area contributed by atoms with Gasteiger partial charge in [0.05, 0.1) is 11.8 Å². The molecule has 2 fully saturated rings. The van der Waals surface area contributed by atoms with Crippen molar-refractivity contribution in [3.8, 4) is 0 Å². The van der Waals surface area contributed by atoms with Crippen molar-refractivity contribution in [3.05, 3.63) is 36.1 Å². The number of hydrogen-bond acceptors (Lipinski definition) is 2. The Morgan fingerprint density at radius 2 is 1.67 bits per heavy atom. The van der Waals surface area contributed by atoms with Crippen molar-refractivity contribution in [3.63, 3.8) is 0 Å². The largest absolute Gasteiger partial charge is 0.273 e. The minimum atomic E-state index is -0.262. The maximum atomic E-state index is 12.4. The second-order valence-electron chi connectivity index (χ2n) is 5.69. The zero-order chi connectivity index (χ0) is 12.3. The van der Waals surface area contributed by atoms with E-state index in [1.54, 1.807) is 0 Å². The van der Waals surface area contributed by atoms with Crippen LogP contribution in [0, 0.1) is 23.7 Å². The molecule has 3 aliphatic carbocycles. The summed E-state index contributed by atoms with van der Waals surface area (Å²) >= 11 is 0. The molecule has 18 heavy (non-hydrogen) atoms. The van der Waals surface area contributed by atoms with Crippen LogP contribution in [-0.4, -0.2) is 16.7 Å². The zero-order valence-electron chi connectivity index (χ0n) is 10.1. The summed E-state index contributed by atoms with van der Waals surface area (Å²) in [5, 5.41) is 0. The summed E-state index contributed by atoms with van der Waals surface area (Å²) in [6, 6.07) is 0. The lowest BCUT2D eigenvalue weighted by Crippen LogP contribution is -2.32. The summed E-state index contributed by atoms with van der Waals surface area (Å²) in [5.74, 6) is 0.467. The number of carbonyl (C=O) groups excluding carboxylic acids is 2. The number of likely N-dealkylation sites (tertiary alicyclic amines) is 1. The van der Waals surface area contributed by atoms with Gasteiger partial charge in [-0.1, -0.05) is 30.4 Å². The lowest BCUT2D eigenvalue weighted by molar-refractivity contribution is -0.137. The summed E-state index contributed by atoms with van der Waals surface area (Å²) in [5.41, 5.74) is 0.998. The third-order valence-corrected chi connectivity index (χ3v) is 4.70. The van der Waals surface area contributed by atoms with Gasteiger partial charge in [0.1, 0.15) is 0 Å². The monoisotopic (exact) mass is 241 g/mol. The van der Waals surface area contributed by atoms with Crippen molar-refractivity contribution < 1.29 is 9.59 Å². The number of allylic oxidation sites excluding steroid dienone is 4. The molecule has 1 saturated carbocycles. The Morgan fingerprint density at radius 1 is 1.00 bits per heavy atom. The first-order valence-electron chi connectivity index (χ1n) is 6.70. The summed E-state index contributed by atoms with van der Waals surface area (Å²) in [7, 11) is 0. The predicted octanol–water partition coefficient (Wildman–Crippen LogP) is 2.03. The molecular formula is C15H15NO2. The fraction of sp³-hybridized carbons (Fsp3) is 0.467. The molecule has 2 bridgehead atoms. The molecule has 0 aromatic rings. The number of fused-ring (bicyclic) bond motifs is 3. The molecule has 1 saturated heterocycles. The Bertz CT molecular complexity index is 499. The van der Waals surface area contributed by atoms with E-state index in [9.17, 15) is 9.59 Å². The van der Waals surface area contributed by atoms with Gasteiger partial charge in [-0.05, 0) is 25.2 Å². The van der Waals surface area contributed by atoms with Crippen LogP contribution in [-0.2, 0) is 9.59 Å². The Kier molecular flexibility index (Phi) is 1.97. The van der Waals surface area contributed by atoms with Crippen molar-refractivity contribution in [2.45, 2.75) is 19.3 Å². The van der Waals surface area contributed by atoms with Gasteiger partial charge in [0.15, 0.2) is 0 Å². The number of amides is 2. The zero-order valence-corrected chi connectivity index (χ0v) is 10.1. The lowest BCUT2D eigenvalue weighted by Gasteiger charge is -2.22. The number of hydrogen-bond donors (Lipinski definition) is 0. The molecule has 3 heteroatoms. The van der Waals surface area contributed by atoms with Gasteiger partial charge >= 0.3 is 0 Å². The molecule has 0 aromatic heterocycles. The predicted molar refractivity (Wildman–Crippen MR) is 66.0 cm³/mol. The molecule has 1 heterocycles. The van der Waals surface area contributed by atoms with E-state index in [1.165, 1.54) is 11.3 Å². The maximum absolute atomic E-state index is 12.4. The van der Waals surface area contributed by atoms with E-state index in [-0.39, 0.29) is 23.7 Å². The Morgan fingerprint density at radius 3 is 2.17 bits per heavy atom. The van der Waals surface area contributed by atoms with Gasteiger partial charge < -0.3 is 0 Å². The molecule has 4 atom stereocenters. The average molecular weight is 241 g/mol. The number of carbonyl (C=O) groups is 2. The first-order chi connectivity index (χ1) is 8.75. The molecule has 0 spiro atoms. The number of rotatable bonds is 1. The summed E-state index contributed by atoms with van der Waals surface area (Å²) in [4.78, 5) is 26.3. The van der Waals surface area contributed by atoms with Crippen molar-refractivity contribution >= 4 is 11.8 Å². The molecule has 4 unspecified atom stereocenters. The van der Waals surface area contributed by atoms with Crippen LogP contribution in [0.25, 0.3) is 0 Å². The molecule has 2 amide bonds. The van der Waals surface area contributed by atoms with Crippen molar-refractivity contribution in [1.82, 2.24) is 4.90 Å². The molecular weight excluding hydrogens is 226 g/mol. The van der Waals surface area contributed by atoms with E-state index >= 15 is 0 Å². The smallest absolute Gasteiger partial charge is 0.241 e. The van der Waals surface area contributed by atoms with Gasteiger partial charge in [-0.25, -0.2) is 0 Å². The van der Waals surface area contributed by atoms with Crippen molar-refractivity contribution in [1.29, 1.82) is 0 Å². The van der Waals surface area contributed by atoms with E-state index in [0.29, 0.717) is 11.8 Å². The van der Waals surface area contributed by atoms with Crippen molar-refractivity contribution in [2.24, 2.45) is 23.7 Å². The highest BCUT2D eigenvalue weighted by molar-refractivity contribution is 6.08. The molecule has 4 aliphatic rings. The van der Waals surface area contributed by atoms with E-state index in [2.05, 4.69) is 6.08 Å². The third-order valence-electron chi connectivity index (χ3n) is 4.70. The molecule has 1 aliphatic heterocycles. The highest BCUT2D eigenvalue weighted by atomic mass is 16.2. The van der Waals surface area contributed by atoms with Gasteiger partial charge in [0.2, 0.25) is 11.8 Å². The Labute approximate surface area is 106 Å². The van der Waals surface area contributed by atoms with Crippen LogP contribution in [0.2, 0.25) is 0 Å². The first kappa shape index (κ1) is 10.3. The minimum Gasteiger partial charge on any atom is -0.273 e. The van der Waals surface area contributed by atoms with Crippen LogP contribution in [0.15, 0.2) is 36.1 Å². The van der Waals surface area contributed by atoms with E-state index < -0.39 is 0 Å². The Balaban J connectivity index is 1.72. The van der Waals surface area contributed by atoms with Crippen LogP contribution in [0.3, 0.4) is 0 Å². The lowest BCUT2D eigenvalue weighted by atomic mass is 9.91. The van der Waals surface area contributed by atoms with Gasteiger partial charge in [0.25, 0.3) is 0 Å². The highest BCUT2D eigenvalue weighted by Gasteiger charge is 2.50. The first-order valence-corrected chi connectivity index (χ1v) is 6.70. The summed E-state index contributed by atoms with van der Waals surface area (Å²) < 4.78 is 0. The fourth-order valence-corrected chi connectivity index (χ4v) is 3.81. The quantitative estimate of drug-likeness (QED) is 0.659. The fourth-order valence-electron chi connectivity index (χ4n) is 3.81. The maximum Gasteiger partial charge on any atom is 0.241 e. The molecule has 92 valence electrons. The van der Waals surface area contributed by atoms with Gasteiger partial charge in [-0.2, -0.15) is 0 Å². The third kappa shape index (κ3) is 1.19. The van der Waals surface area contributed by atoms with Crippen LogP contribution < -0.4 is 0 Å². The van der Waals surface area contributed by atoms with Gasteiger partial charge in [-0.3, -0.25) is 14.5 Å². The van der Waals surface area contributed by atoms with Crippen molar-refractivity contribution in [2.75, 3.05) is 0 Å². The molecule has 3 nitrogen and oxygen atoms in total. The number of imide groups is 1. The summed E-state index contributed by atoms with van der Waals surface area (Å²) in [6.07, 6.45) is 13.1. The van der Waals surface area contributed by atoms with Gasteiger partial charge in [-0.15, -0.1) is 0 Å². The van der Waals surface area contributed by atoms with E-state index in [1.807, 2.05) is 24.3 Å². The van der Waals surface area contributed by atoms with Gasteiger partial charge in [0, 0.05) is 11.6 Å². The highest BCUT2D eigenvalue weighted by Crippen LogP contribution is 2.47. The Hall–Kier alpha value is -1.64. The summed E-state index contributed by atoms with van der Waals surface area (Å²) in [6.45, 7) is 0. The SMILES string of the molecule is O=C1C2C=CC=CC2C(=O)N1C1=CC2CCC1C2.